The molecule has 0 saturated carbocycles. The Hall–Kier alpha value is -2.18. The number of esters is 1. The standard InChI is InChI=1S/C20H29F2NO4/c1-11(2)17(14-8-9-15(21)16(22)10-14)13(4)26-18(24)12(3)23-19(25)27-20(5,6)7/h8-13,17H,1-7H3,(H,23,25)/t12-,13-,17+/m0/s1. The molecule has 0 unspecified atom stereocenters. The minimum atomic E-state index is -0.948. The Morgan fingerprint density at radius 1 is 1.04 bits per heavy atom. The van der Waals surface area contributed by atoms with Crippen molar-refractivity contribution in [2.24, 2.45) is 5.92 Å². The Morgan fingerprint density at radius 3 is 2.11 bits per heavy atom. The monoisotopic (exact) mass is 385 g/mol. The molecule has 3 atom stereocenters. The van der Waals surface area contributed by atoms with E-state index in [9.17, 15) is 18.4 Å². The van der Waals surface area contributed by atoms with Crippen LogP contribution in [0.25, 0.3) is 0 Å². The third kappa shape index (κ3) is 7.15. The molecule has 1 amide bonds. The minimum absolute atomic E-state index is 0.00628. The van der Waals surface area contributed by atoms with Crippen LogP contribution < -0.4 is 5.32 Å². The molecule has 0 aliphatic rings. The van der Waals surface area contributed by atoms with Gasteiger partial charge in [-0.2, -0.15) is 0 Å². The van der Waals surface area contributed by atoms with Crippen molar-refractivity contribution in [3.8, 4) is 0 Å². The van der Waals surface area contributed by atoms with Gasteiger partial charge in [0, 0.05) is 5.92 Å². The Labute approximate surface area is 159 Å². The highest BCUT2D eigenvalue weighted by Gasteiger charge is 2.29. The Bertz CT molecular complexity index is 670. The fourth-order valence-corrected chi connectivity index (χ4v) is 2.82. The first kappa shape index (κ1) is 22.9. The summed E-state index contributed by atoms with van der Waals surface area (Å²) < 4.78 is 37.4. The van der Waals surface area contributed by atoms with Crippen molar-refractivity contribution in [2.75, 3.05) is 0 Å². The van der Waals surface area contributed by atoms with Crippen LogP contribution in [0.1, 0.15) is 59.9 Å². The van der Waals surface area contributed by atoms with Gasteiger partial charge in [0.2, 0.25) is 0 Å². The molecule has 0 aliphatic carbocycles. The first-order valence-corrected chi connectivity index (χ1v) is 8.96. The molecule has 7 heteroatoms. The zero-order valence-corrected chi connectivity index (χ0v) is 16.9. The second kappa shape index (κ2) is 9.15. The SMILES string of the molecule is CC(C)[C@@H](c1ccc(F)c(F)c1)[C@H](C)OC(=O)[C@H](C)NC(=O)OC(C)(C)C. The zero-order valence-electron chi connectivity index (χ0n) is 16.9. The molecule has 0 fully saturated rings. The smallest absolute Gasteiger partial charge is 0.408 e. The van der Waals surface area contributed by atoms with Crippen molar-refractivity contribution in [1.82, 2.24) is 5.32 Å². The summed E-state index contributed by atoms with van der Waals surface area (Å²) in [5.74, 6) is -2.84. The molecule has 27 heavy (non-hydrogen) atoms. The number of ether oxygens (including phenoxy) is 2. The Balaban J connectivity index is 2.80. The molecule has 0 saturated heterocycles. The van der Waals surface area contributed by atoms with Crippen molar-refractivity contribution >= 4 is 12.1 Å². The molecular formula is C20H29F2NO4. The maximum absolute atomic E-state index is 13.6. The number of benzene rings is 1. The van der Waals surface area contributed by atoms with Gasteiger partial charge >= 0.3 is 12.1 Å². The summed E-state index contributed by atoms with van der Waals surface area (Å²) in [6.45, 7) is 12.1. The van der Waals surface area contributed by atoms with Crippen LogP contribution in [-0.2, 0) is 14.3 Å². The highest BCUT2D eigenvalue weighted by atomic mass is 19.2. The van der Waals surface area contributed by atoms with E-state index in [1.807, 2.05) is 13.8 Å². The average Bonchev–Trinajstić information content (AvgIpc) is 2.48. The molecule has 0 aromatic heterocycles. The van der Waals surface area contributed by atoms with Crippen molar-refractivity contribution in [3.05, 3.63) is 35.4 Å². The van der Waals surface area contributed by atoms with Crippen molar-refractivity contribution in [2.45, 2.75) is 72.1 Å². The summed E-state index contributed by atoms with van der Waals surface area (Å²) in [6, 6.07) is 2.74. The van der Waals surface area contributed by atoms with Crippen LogP contribution >= 0.6 is 0 Å². The molecular weight excluding hydrogens is 356 g/mol. The first-order valence-electron chi connectivity index (χ1n) is 8.96. The van der Waals surface area contributed by atoms with Gasteiger partial charge in [0.05, 0.1) is 0 Å². The van der Waals surface area contributed by atoms with Crippen LogP contribution in [0.2, 0.25) is 0 Å². The lowest BCUT2D eigenvalue weighted by molar-refractivity contribution is -0.152. The third-order valence-corrected chi connectivity index (χ3v) is 3.94. The Morgan fingerprint density at radius 2 is 1.63 bits per heavy atom. The summed E-state index contributed by atoms with van der Waals surface area (Å²) in [6.07, 6.45) is -1.33. The fourth-order valence-electron chi connectivity index (χ4n) is 2.82. The number of halogens is 2. The Kier molecular flexibility index (Phi) is 7.75. The first-order chi connectivity index (χ1) is 12.3. The van der Waals surface area contributed by atoms with Crippen LogP contribution in [0.3, 0.4) is 0 Å². The molecule has 1 rings (SSSR count). The average molecular weight is 385 g/mol. The van der Waals surface area contributed by atoms with Gasteiger partial charge in [-0.1, -0.05) is 19.9 Å². The molecule has 0 bridgehead atoms. The lowest BCUT2D eigenvalue weighted by Crippen LogP contribution is -2.43. The van der Waals surface area contributed by atoms with Crippen LogP contribution in [0.4, 0.5) is 13.6 Å². The second-order valence-corrected chi connectivity index (χ2v) is 7.95. The highest BCUT2D eigenvalue weighted by Crippen LogP contribution is 2.31. The predicted molar refractivity (Wildman–Crippen MR) is 98.3 cm³/mol. The molecule has 0 spiro atoms. The van der Waals surface area contributed by atoms with E-state index in [1.165, 1.54) is 13.0 Å². The summed E-state index contributed by atoms with van der Waals surface area (Å²) in [7, 11) is 0. The van der Waals surface area contributed by atoms with Crippen molar-refractivity contribution in [3.63, 3.8) is 0 Å². The number of carbonyl (C=O) groups excluding carboxylic acids is 2. The van der Waals surface area contributed by atoms with Gasteiger partial charge in [0.25, 0.3) is 0 Å². The topological polar surface area (TPSA) is 64.6 Å². The molecule has 1 N–H and O–H groups in total. The van der Waals surface area contributed by atoms with E-state index in [-0.39, 0.29) is 11.8 Å². The number of hydrogen-bond acceptors (Lipinski definition) is 4. The van der Waals surface area contributed by atoms with Crippen molar-refractivity contribution < 1.29 is 27.8 Å². The van der Waals surface area contributed by atoms with E-state index >= 15 is 0 Å². The van der Waals surface area contributed by atoms with Gasteiger partial charge in [-0.25, -0.2) is 18.4 Å². The third-order valence-electron chi connectivity index (χ3n) is 3.94. The van der Waals surface area contributed by atoms with Gasteiger partial charge in [0.15, 0.2) is 11.6 Å². The van der Waals surface area contributed by atoms with E-state index < -0.39 is 41.4 Å². The summed E-state index contributed by atoms with van der Waals surface area (Å²) in [4.78, 5) is 24.1. The van der Waals surface area contributed by atoms with Gasteiger partial charge in [-0.3, -0.25) is 0 Å². The van der Waals surface area contributed by atoms with E-state index in [1.54, 1.807) is 27.7 Å². The molecule has 152 valence electrons. The maximum atomic E-state index is 13.6. The summed E-state index contributed by atoms with van der Waals surface area (Å²) in [5, 5.41) is 2.42. The molecule has 0 radical (unpaired) electrons. The van der Waals surface area contributed by atoms with Crippen LogP contribution in [0.5, 0.6) is 0 Å². The van der Waals surface area contributed by atoms with Crippen LogP contribution in [-0.4, -0.2) is 29.8 Å². The lowest BCUT2D eigenvalue weighted by atomic mass is 9.84. The minimum Gasteiger partial charge on any atom is -0.460 e. The number of rotatable bonds is 6. The fraction of sp³-hybridized carbons (Fsp3) is 0.600. The second-order valence-electron chi connectivity index (χ2n) is 7.95. The lowest BCUT2D eigenvalue weighted by Gasteiger charge is -2.29. The molecule has 5 nitrogen and oxygen atoms in total. The highest BCUT2D eigenvalue weighted by molar-refractivity contribution is 5.81. The molecule has 0 heterocycles. The van der Waals surface area contributed by atoms with E-state index in [4.69, 9.17) is 9.47 Å². The van der Waals surface area contributed by atoms with Crippen LogP contribution in [0, 0.1) is 17.6 Å². The predicted octanol–water partition coefficient (Wildman–Crippen LogP) is 4.55. The van der Waals surface area contributed by atoms with Crippen LogP contribution in [0.15, 0.2) is 18.2 Å². The molecule has 1 aromatic rings. The van der Waals surface area contributed by atoms with Gasteiger partial charge in [0.1, 0.15) is 17.7 Å². The molecule has 0 aliphatic heterocycles. The maximum Gasteiger partial charge on any atom is 0.408 e. The van der Waals surface area contributed by atoms with Crippen molar-refractivity contribution in [1.29, 1.82) is 0 Å². The molecule has 1 aromatic carbocycles. The number of hydrogen-bond donors (Lipinski definition) is 1. The van der Waals surface area contributed by atoms with Gasteiger partial charge in [-0.05, 0) is 58.2 Å². The summed E-state index contributed by atoms with van der Waals surface area (Å²) >= 11 is 0. The van der Waals surface area contributed by atoms with E-state index in [0.717, 1.165) is 12.1 Å². The van der Waals surface area contributed by atoms with E-state index in [0.29, 0.717) is 5.56 Å². The quantitative estimate of drug-likeness (QED) is 0.730. The normalized spacial score (nSPS) is 15.0. The largest absolute Gasteiger partial charge is 0.460 e. The van der Waals surface area contributed by atoms with E-state index in [2.05, 4.69) is 5.32 Å². The summed E-state index contributed by atoms with van der Waals surface area (Å²) in [5.41, 5.74) is -0.145. The number of nitrogens with one attached hydrogen (secondary N) is 1. The van der Waals surface area contributed by atoms with Gasteiger partial charge < -0.3 is 14.8 Å². The number of amides is 1. The van der Waals surface area contributed by atoms with Gasteiger partial charge in [-0.15, -0.1) is 0 Å². The zero-order chi connectivity index (χ0) is 20.9. The number of alkyl carbamates (subject to hydrolysis) is 1. The number of carbonyl (C=O) groups is 2.